The predicted octanol–water partition coefficient (Wildman–Crippen LogP) is 0.628. The highest BCUT2D eigenvalue weighted by Crippen LogP contribution is 2.12. The number of amides is 1. The molecule has 2 heterocycles. The van der Waals surface area contributed by atoms with Gasteiger partial charge >= 0.3 is 0 Å². The van der Waals surface area contributed by atoms with E-state index in [9.17, 15) is 4.79 Å². The van der Waals surface area contributed by atoms with E-state index in [0.717, 1.165) is 6.42 Å². The molecule has 1 aromatic rings. The van der Waals surface area contributed by atoms with Crippen LogP contribution in [-0.2, 0) is 20.8 Å². The molecule has 1 saturated heterocycles. The molecule has 2 rings (SSSR count). The van der Waals surface area contributed by atoms with E-state index in [4.69, 9.17) is 9.47 Å². The first-order chi connectivity index (χ1) is 11.1. The second kappa shape index (κ2) is 8.73. The number of allylic oxidation sites excluding steroid dienone is 1. The van der Waals surface area contributed by atoms with Gasteiger partial charge in [0.2, 0.25) is 5.91 Å². The molecule has 0 radical (unpaired) electrons. The average molecular weight is 323 g/mol. The number of nitrogens with zero attached hydrogens (tertiary/aromatic N) is 4. The van der Waals surface area contributed by atoms with Crippen LogP contribution in [0.25, 0.3) is 0 Å². The van der Waals surface area contributed by atoms with Crippen LogP contribution in [0.4, 0.5) is 0 Å². The van der Waals surface area contributed by atoms with Crippen LogP contribution in [0.5, 0.6) is 0 Å². The standard InChI is InChI=1S/C15H25N5O3/c1-11(2)5-9-23-14-6-8-22-10-13(14)16-15(21)4-7-20-12(3)17-18-19-20/h5,13-14H,4,6-10H2,1-3H3,(H,16,21)/t13-,14+/m0/s1. The van der Waals surface area contributed by atoms with Crippen LogP contribution in [0.1, 0.15) is 32.5 Å². The lowest BCUT2D eigenvalue weighted by Crippen LogP contribution is -2.50. The van der Waals surface area contributed by atoms with E-state index < -0.39 is 0 Å². The Morgan fingerprint density at radius 2 is 2.35 bits per heavy atom. The Kier molecular flexibility index (Phi) is 6.66. The summed E-state index contributed by atoms with van der Waals surface area (Å²) in [5.74, 6) is 0.646. The number of rotatable bonds is 7. The van der Waals surface area contributed by atoms with Gasteiger partial charge in [0.1, 0.15) is 5.82 Å². The van der Waals surface area contributed by atoms with Crippen molar-refractivity contribution in [1.82, 2.24) is 25.5 Å². The van der Waals surface area contributed by atoms with Crippen LogP contribution in [0.3, 0.4) is 0 Å². The van der Waals surface area contributed by atoms with Gasteiger partial charge in [0.15, 0.2) is 0 Å². The highest BCUT2D eigenvalue weighted by atomic mass is 16.5. The van der Waals surface area contributed by atoms with Crippen molar-refractivity contribution in [3.05, 3.63) is 17.5 Å². The minimum atomic E-state index is -0.114. The van der Waals surface area contributed by atoms with E-state index in [0.29, 0.717) is 38.6 Å². The minimum Gasteiger partial charge on any atom is -0.379 e. The molecule has 2 atom stereocenters. The smallest absolute Gasteiger partial charge is 0.222 e. The molecule has 0 aliphatic carbocycles. The first kappa shape index (κ1) is 17.6. The van der Waals surface area contributed by atoms with E-state index in [2.05, 4.69) is 20.8 Å². The molecule has 8 heteroatoms. The van der Waals surface area contributed by atoms with Crippen molar-refractivity contribution in [3.63, 3.8) is 0 Å². The molecule has 0 saturated carbocycles. The van der Waals surface area contributed by atoms with E-state index in [1.54, 1.807) is 11.6 Å². The van der Waals surface area contributed by atoms with Crippen LogP contribution < -0.4 is 5.32 Å². The molecule has 1 N–H and O–H groups in total. The topological polar surface area (TPSA) is 91.2 Å². The van der Waals surface area contributed by atoms with Gasteiger partial charge in [-0.15, -0.1) is 5.10 Å². The Morgan fingerprint density at radius 3 is 3.04 bits per heavy atom. The molecule has 23 heavy (non-hydrogen) atoms. The van der Waals surface area contributed by atoms with Crippen LogP contribution in [-0.4, -0.2) is 58.1 Å². The third-order valence-electron chi connectivity index (χ3n) is 3.70. The number of carbonyl (C=O) groups is 1. The lowest BCUT2D eigenvalue weighted by Gasteiger charge is -2.31. The Morgan fingerprint density at radius 1 is 1.52 bits per heavy atom. The Hall–Kier alpha value is -1.80. The Labute approximate surface area is 136 Å². The third-order valence-corrected chi connectivity index (χ3v) is 3.70. The van der Waals surface area contributed by atoms with Crippen LogP contribution in [0.15, 0.2) is 11.6 Å². The average Bonchev–Trinajstić information content (AvgIpc) is 2.92. The lowest BCUT2D eigenvalue weighted by molar-refractivity contribution is -0.126. The van der Waals surface area contributed by atoms with E-state index >= 15 is 0 Å². The van der Waals surface area contributed by atoms with Crippen LogP contribution in [0, 0.1) is 6.92 Å². The van der Waals surface area contributed by atoms with Crippen molar-refractivity contribution in [1.29, 1.82) is 0 Å². The molecule has 1 aromatic heterocycles. The molecule has 1 aliphatic rings. The summed E-state index contributed by atoms with van der Waals surface area (Å²) in [6.07, 6.45) is 3.13. The number of carbonyl (C=O) groups excluding carboxylic acids is 1. The second-order valence-corrected chi connectivity index (χ2v) is 5.89. The fourth-order valence-corrected chi connectivity index (χ4v) is 2.33. The van der Waals surface area contributed by atoms with Crippen LogP contribution >= 0.6 is 0 Å². The number of nitrogens with one attached hydrogen (secondary N) is 1. The monoisotopic (exact) mass is 323 g/mol. The number of aryl methyl sites for hydroxylation is 2. The number of hydrogen-bond donors (Lipinski definition) is 1. The third kappa shape index (κ3) is 5.72. The minimum absolute atomic E-state index is 0.0157. The van der Waals surface area contributed by atoms with Gasteiger partial charge in [0, 0.05) is 13.0 Å². The number of aromatic nitrogens is 4. The molecular weight excluding hydrogens is 298 g/mol. The van der Waals surface area contributed by atoms with Gasteiger partial charge in [0.25, 0.3) is 0 Å². The fraction of sp³-hybridized carbons (Fsp3) is 0.733. The molecular formula is C15H25N5O3. The summed E-state index contributed by atoms with van der Waals surface area (Å²) in [4.78, 5) is 12.1. The maximum Gasteiger partial charge on any atom is 0.222 e. The number of tetrazole rings is 1. The Balaban J connectivity index is 1.79. The summed E-state index contributed by atoms with van der Waals surface area (Å²) >= 11 is 0. The first-order valence-corrected chi connectivity index (χ1v) is 7.91. The predicted molar refractivity (Wildman–Crippen MR) is 83.7 cm³/mol. The molecule has 0 aromatic carbocycles. The SMILES string of the molecule is CC(C)=CCO[C@@H]1CCOC[C@@H]1NC(=O)CCn1nnnc1C. The number of hydrogen-bond acceptors (Lipinski definition) is 6. The van der Waals surface area contributed by atoms with Gasteiger partial charge in [-0.3, -0.25) is 4.79 Å². The zero-order valence-electron chi connectivity index (χ0n) is 14.0. The molecule has 0 spiro atoms. The van der Waals surface area contributed by atoms with Gasteiger partial charge in [-0.2, -0.15) is 0 Å². The molecule has 1 aliphatic heterocycles. The summed E-state index contributed by atoms with van der Waals surface area (Å²) in [6.45, 7) is 8.04. The molecule has 0 bridgehead atoms. The molecule has 0 unspecified atom stereocenters. The van der Waals surface area contributed by atoms with E-state index in [1.807, 2.05) is 19.9 Å². The number of ether oxygens (including phenoxy) is 2. The highest BCUT2D eigenvalue weighted by Gasteiger charge is 2.27. The van der Waals surface area contributed by atoms with Gasteiger partial charge in [-0.05, 0) is 37.6 Å². The zero-order valence-corrected chi connectivity index (χ0v) is 14.0. The molecule has 1 amide bonds. The summed E-state index contributed by atoms with van der Waals surface area (Å²) in [6, 6.07) is -0.114. The molecule has 1 fully saturated rings. The second-order valence-electron chi connectivity index (χ2n) is 5.89. The summed E-state index contributed by atoms with van der Waals surface area (Å²) in [7, 11) is 0. The van der Waals surface area contributed by atoms with Crippen LogP contribution in [0.2, 0.25) is 0 Å². The fourth-order valence-electron chi connectivity index (χ4n) is 2.33. The van der Waals surface area contributed by atoms with E-state index in [-0.39, 0.29) is 18.1 Å². The zero-order chi connectivity index (χ0) is 16.7. The van der Waals surface area contributed by atoms with Crippen molar-refractivity contribution < 1.29 is 14.3 Å². The molecule has 128 valence electrons. The largest absolute Gasteiger partial charge is 0.379 e. The quantitative estimate of drug-likeness (QED) is 0.740. The first-order valence-electron chi connectivity index (χ1n) is 7.91. The summed E-state index contributed by atoms with van der Waals surface area (Å²) < 4.78 is 12.9. The Bertz CT molecular complexity index is 539. The van der Waals surface area contributed by atoms with Gasteiger partial charge in [0.05, 0.1) is 31.9 Å². The van der Waals surface area contributed by atoms with Crippen molar-refractivity contribution >= 4 is 5.91 Å². The van der Waals surface area contributed by atoms with E-state index in [1.165, 1.54) is 5.57 Å². The molecule has 8 nitrogen and oxygen atoms in total. The maximum atomic E-state index is 12.1. The normalized spacial score (nSPS) is 21.0. The van der Waals surface area contributed by atoms with Gasteiger partial charge < -0.3 is 14.8 Å². The van der Waals surface area contributed by atoms with Gasteiger partial charge in [-0.25, -0.2) is 4.68 Å². The summed E-state index contributed by atoms with van der Waals surface area (Å²) in [5, 5.41) is 14.2. The van der Waals surface area contributed by atoms with Crippen molar-refractivity contribution in [3.8, 4) is 0 Å². The summed E-state index contributed by atoms with van der Waals surface area (Å²) in [5.41, 5.74) is 1.22. The highest BCUT2D eigenvalue weighted by molar-refractivity contribution is 5.76. The van der Waals surface area contributed by atoms with Crippen molar-refractivity contribution in [2.45, 2.75) is 52.3 Å². The van der Waals surface area contributed by atoms with Crippen molar-refractivity contribution in [2.24, 2.45) is 0 Å². The lowest BCUT2D eigenvalue weighted by atomic mass is 10.1. The van der Waals surface area contributed by atoms with Gasteiger partial charge in [-0.1, -0.05) is 11.6 Å². The maximum absolute atomic E-state index is 12.1. The van der Waals surface area contributed by atoms with Crippen molar-refractivity contribution in [2.75, 3.05) is 19.8 Å².